The van der Waals surface area contributed by atoms with E-state index in [2.05, 4.69) is 175 Å². The smallest absolute Gasteiger partial charge is 0.0726 e. The number of anilines is 3. The second-order valence-electron chi connectivity index (χ2n) is 15.5. The predicted octanol–water partition coefficient (Wildman–Crippen LogP) is 15.8. The zero-order valence-corrected chi connectivity index (χ0v) is 32.7. The highest BCUT2D eigenvalue weighted by atomic mass is 15.1. The molecule has 2 aliphatic rings. The fourth-order valence-corrected chi connectivity index (χ4v) is 9.78. The van der Waals surface area contributed by atoms with Gasteiger partial charge in [-0.1, -0.05) is 183 Å². The fraction of sp³-hybridized carbons (Fsp3) is 0.0169. The van der Waals surface area contributed by atoms with Gasteiger partial charge in [0.05, 0.1) is 19.3 Å². The molecule has 0 heterocycles. The van der Waals surface area contributed by atoms with E-state index in [1.165, 1.54) is 50.6 Å². The molecule has 0 saturated heterocycles. The Labute approximate surface area is 361 Å². The molecular formula is C59H41N. The molecule has 0 saturated carbocycles. The van der Waals surface area contributed by atoms with Gasteiger partial charge >= 0.3 is 0 Å². The van der Waals surface area contributed by atoms with Crippen molar-refractivity contribution in [3.63, 3.8) is 0 Å². The molecule has 0 fully saturated rings. The summed E-state index contributed by atoms with van der Waals surface area (Å²) in [5.41, 5.74) is 18.6. The molecule has 1 nitrogen and oxygen atoms in total. The Hall–Kier alpha value is -7.74. The molecule has 0 atom stereocenters. The first kappa shape index (κ1) is 29.5. The van der Waals surface area contributed by atoms with Gasteiger partial charge in [-0.25, -0.2) is 0 Å². The minimum absolute atomic E-state index is 0.272. The molecule has 282 valence electrons. The topological polar surface area (TPSA) is 3.24 Å². The van der Waals surface area contributed by atoms with Crippen molar-refractivity contribution < 1.29 is 8.22 Å². The van der Waals surface area contributed by atoms with Gasteiger partial charge in [-0.15, -0.1) is 0 Å². The molecule has 2 aliphatic carbocycles. The van der Waals surface area contributed by atoms with E-state index >= 15 is 0 Å². The van der Waals surface area contributed by atoms with Crippen LogP contribution in [0.1, 0.15) is 41.6 Å². The molecule has 0 amide bonds. The fourth-order valence-electron chi connectivity index (χ4n) is 9.78. The molecule has 1 spiro atoms. The third kappa shape index (κ3) is 5.47. The quantitative estimate of drug-likeness (QED) is 0.149. The van der Waals surface area contributed by atoms with Gasteiger partial charge in [0.1, 0.15) is 0 Å². The van der Waals surface area contributed by atoms with Gasteiger partial charge in [0.15, 0.2) is 0 Å². The van der Waals surface area contributed by atoms with E-state index in [1.807, 2.05) is 24.3 Å². The number of hydrogen-bond donors (Lipinski definition) is 0. The molecule has 0 unspecified atom stereocenters. The Balaban J connectivity index is 1.15. The van der Waals surface area contributed by atoms with E-state index in [9.17, 15) is 0 Å². The molecular weight excluding hydrogens is 723 g/mol. The molecule has 0 aromatic heterocycles. The second kappa shape index (κ2) is 14.3. The number of benzene rings is 9. The second-order valence-corrected chi connectivity index (χ2v) is 15.5. The Morgan fingerprint density at radius 2 is 0.850 bits per heavy atom. The van der Waals surface area contributed by atoms with Crippen molar-refractivity contribution in [3.05, 3.63) is 259 Å². The maximum Gasteiger partial charge on any atom is 0.0726 e. The number of fused-ring (bicyclic) bond motifs is 10. The molecule has 60 heavy (non-hydrogen) atoms. The van der Waals surface area contributed by atoms with E-state index in [4.69, 9.17) is 8.22 Å². The summed E-state index contributed by atoms with van der Waals surface area (Å²) in [6, 6.07) is 73.6. The highest BCUT2D eigenvalue weighted by Gasteiger charge is 2.51. The average Bonchev–Trinajstić information content (AvgIpc) is 3.84. The van der Waals surface area contributed by atoms with Gasteiger partial charge in [0, 0.05) is 16.9 Å². The van der Waals surface area contributed by atoms with E-state index < -0.39 is 18.5 Å². The zero-order valence-electron chi connectivity index (χ0n) is 38.7. The van der Waals surface area contributed by atoms with Gasteiger partial charge in [0.25, 0.3) is 0 Å². The minimum atomic E-state index is -0.659. The molecule has 0 N–H and O–H groups in total. The third-order valence-corrected chi connectivity index (χ3v) is 12.3. The highest BCUT2D eigenvalue weighted by molar-refractivity contribution is 5.97. The molecule has 0 bridgehead atoms. The summed E-state index contributed by atoms with van der Waals surface area (Å²) >= 11 is 0. The van der Waals surface area contributed by atoms with Gasteiger partial charge in [0.2, 0.25) is 0 Å². The lowest BCUT2D eigenvalue weighted by molar-refractivity contribution is 0.793. The maximum atomic E-state index is 8.48. The van der Waals surface area contributed by atoms with Gasteiger partial charge in [-0.05, 0) is 138 Å². The van der Waals surface area contributed by atoms with Crippen molar-refractivity contribution in [2.75, 3.05) is 4.90 Å². The minimum Gasteiger partial charge on any atom is -0.310 e. The van der Waals surface area contributed by atoms with Crippen LogP contribution in [0.4, 0.5) is 17.1 Å². The third-order valence-electron chi connectivity index (χ3n) is 12.3. The molecule has 11 rings (SSSR count). The zero-order chi connectivity index (χ0) is 45.1. The molecule has 1 heteroatoms. The van der Waals surface area contributed by atoms with Crippen LogP contribution in [0.3, 0.4) is 0 Å². The summed E-state index contributed by atoms with van der Waals surface area (Å²) in [5, 5.41) is 0. The summed E-state index contributed by atoms with van der Waals surface area (Å²) < 4.78 is 48.4. The Morgan fingerprint density at radius 1 is 0.367 bits per heavy atom. The van der Waals surface area contributed by atoms with Crippen LogP contribution < -0.4 is 4.90 Å². The standard InChI is InChI=1S/C59H41N/c1-3-40-35-41(4-2)37-46(36-40)43-27-30-47(31-28-43)60(58-34-29-45(42-17-7-5-8-18-42)38-53(58)44-19-9-6-10-20-44)48-32-33-52-51-23-13-16-26-56(51)59(57(52)39-48)54-24-14-11-21-49(54)50-22-12-15-25-55(50)59/h3-39H,1-2H2/i1D2,2D2,3D,4D. The molecule has 9 aromatic carbocycles. The van der Waals surface area contributed by atoms with Crippen LogP contribution in [0, 0.1) is 0 Å². The normalized spacial score (nSPS) is 13.9. The van der Waals surface area contributed by atoms with E-state index in [-0.39, 0.29) is 23.2 Å². The van der Waals surface area contributed by atoms with E-state index in [0.717, 1.165) is 44.9 Å². The van der Waals surface area contributed by atoms with E-state index in [1.54, 1.807) is 12.1 Å². The first-order chi connectivity index (χ1) is 32.2. The summed E-state index contributed by atoms with van der Waals surface area (Å²) in [6.07, 6.45) is 0. The maximum absolute atomic E-state index is 8.48. The van der Waals surface area contributed by atoms with Crippen LogP contribution in [0.2, 0.25) is 0 Å². The summed E-state index contributed by atoms with van der Waals surface area (Å²) in [4.78, 5) is 2.33. The first-order valence-corrected chi connectivity index (χ1v) is 20.3. The Morgan fingerprint density at radius 3 is 1.43 bits per heavy atom. The lowest BCUT2D eigenvalue weighted by Crippen LogP contribution is -2.26. The summed E-state index contributed by atoms with van der Waals surface area (Å²) in [6.45, 7) is -1.32. The van der Waals surface area contributed by atoms with Gasteiger partial charge < -0.3 is 4.90 Å². The Kier molecular flexibility index (Phi) is 7.01. The van der Waals surface area contributed by atoms with Crippen molar-refractivity contribution in [1.82, 2.24) is 0 Å². The van der Waals surface area contributed by atoms with Crippen LogP contribution in [0.15, 0.2) is 225 Å². The van der Waals surface area contributed by atoms with Crippen molar-refractivity contribution in [3.8, 4) is 55.6 Å². The largest absolute Gasteiger partial charge is 0.310 e. The van der Waals surface area contributed by atoms with Crippen molar-refractivity contribution in [2.45, 2.75) is 5.41 Å². The SMILES string of the molecule is [2H]C([2H])=C([2H])c1cc(C([2H])=C([2H])[2H])cc(-c2ccc(N(c3ccc4c(c3)C3(c5ccccc5-c5ccccc53)c3ccccc3-4)c3ccc(-c4ccccc4)cc3-c3ccccc3)cc2)c1. The summed E-state index contributed by atoms with van der Waals surface area (Å²) in [5.74, 6) is 0. The van der Waals surface area contributed by atoms with E-state index in [0.29, 0.717) is 5.56 Å². The Bertz CT molecular complexity index is 3320. The van der Waals surface area contributed by atoms with Crippen LogP contribution in [-0.2, 0) is 5.41 Å². The molecule has 0 radical (unpaired) electrons. The summed E-state index contributed by atoms with van der Waals surface area (Å²) in [7, 11) is 0. The van der Waals surface area contributed by atoms with Crippen LogP contribution in [-0.4, -0.2) is 0 Å². The van der Waals surface area contributed by atoms with Crippen molar-refractivity contribution in [1.29, 1.82) is 0 Å². The van der Waals surface area contributed by atoms with Crippen molar-refractivity contribution >= 4 is 29.2 Å². The number of nitrogens with zero attached hydrogens (tertiary/aromatic N) is 1. The highest BCUT2D eigenvalue weighted by Crippen LogP contribution is 2.63. The average molecular weight is 770 g/mol. The molecule has 9 aromatic rings. The first-order valence-electron chi connectivity index (χ1n) is 23.3. The molecule has 0 aliphatic heterocycles. The van der Waals surface area contributed by atoms with Gasteiger partial charge in [-0.2, -0.15) is 0 Å². The van der Waals surface area contributed by atoms with Gasteiger partial charge in [-0.3, -0.25) is 0 Å². The van der Waals surface area contributed by atoms with Crippen LogP contribution in [0.5, 0.6) is 0 Å². The van der Waals surface area contributed by atoms with Crippen molar-refractivity contribution in [2.24, 2.45) is 0 Å². The lowest BCUT2D eigenvalue weighted by atomic mass is 9.70. The van der Waals surface area contributed by atoms with Crippen LogP contribution in [0.25, 0.3) is 67.7 Å². The number of hydrogen-bond acceptors (Lipinski definition) is 1. The predicted molar refractivity (Wildman–Crippen MR) is 254 cm³/mol. The lowest BCUT2D eigenvalue weighted by Gasteiger charge is -2.33. The number of rotatable bonds is 8. The van der Waals surface area contributed by atoms with Crippen LogP contribution >= 0.6 is 0 Å². The monoisotopic (exact) mass is 769 g/mol.